The molecule has 0 aliphatic carbocycles. The molecule has 23 heavy (non-hydrogen) atoms. The number of benzene rings is 1. The third-order valence-corrected chi connectivity index (χ3v) is 3.36. The first-order chi connectivity index (χ1) is 11.2. The summed E-state index contributed by atoms with van der Waals surface area (Å²) in [7, 11) is 1.62. The topological polar surface area (TPSA) is 80.5 Å². The average Bonchev–Trinajstić information content (AvgIpc) is 3.03. The first-order valence-electron chi connectivity index (χ1n) is 7.62. The second-order valence-corrected chi connectivity index (χ2v) is 5.00. The van der Waals surface area contributed by atoms with Crippen LogP contribution < -0.4 is 10.1 Å². The third-order valence-electron chi connectivity index (χ3n) is 3.36. The lowest BCUT2D eigenvalue weighted by Crippen LogP contribution is -2.36. The van der Waals surface area contributed by atoms with Gasteiger partial charge >= 0.3 is 0 Å². The Morgan fingerprint density at radius 1 is 1.30 bits per heavy atom. The zero-order chi connectivity index (χ0) is 16.7. The predicted molar refractivity (Wildman–Crippen MR) is 85.9 cm³/mol. The summed E-state index contributed by atoms with van der Waals surface area (Å²) >= 11 is 0. The molecule has 1 aromatic carbocycles. The molecule has 0 aliphatic heterocycles. The van der Waals surface area contributed by atoms with Gasteiger partial charge in [0.05, 0.1) is 20.2 Å². The lowest BCUT2D eigenvalue weighted by Gasteiger charge is -2.17. The van der Waals surface area contributed by atoms with Gasteiger partial charge in [-0.3, -0.25) is 9.69 Å². The number of nitrogens with one attached hydrogen (secondary N) is 1. The molecule has 0 aliphatic rings. The monoisotopic (exact) mass is 318 g/mol. The summed E-state index contributed by atoms with van der Waals surface area (Å²) in [5.41, 5.74) is 0.830. The van der Waals surface area contributed by atoms with Gasteiger partial charge in [-0.25, -0.2) is 0 Å². The van der Waals surface area contributed by atoms with Crippen LogP contribution in [0.4, 0.5) is 0 Å². The Bertz CT molecular complexity index is 625. The van der Waals surface area contributed by atoms with Crippen LogP contribution in [0, 0.1) is 0 Å². The Hall–Kier alpha value is -2.41. The van der Waals surface area contributed by atoms with Gasteiger partial charge in [0, 0.05) is 12.1 Å². The lowest BCUT2D eigenvalue weighted by atomic mass is 10.2. The number of methoxy groups -OCH3 is 1. The zero-order valence-corrected chi connectivity index (χ0v) is 13.7. The highest BCUT2D eigenvalue weighted by molar-refractivity contribution is 5.77. The first kappa shape index (κ1) is 17.0. The van der Waals surface area contributed by atoms with Crippen LogP contribution >= 0.6 is 0 Å². The van der Waals surface area contributed by atoms with Crippen molar-refractivity contribution in [2.45, 2.75) is 20.4 Å². The number of aromatic nitrogens is 2. The van der Waals surface area contributed by atoms with Crippen LogP contribution in [0.15, 0.2) is 28.8 Å². The molecule has 1 heterocycles. The predicted octanol–water partition coefficient (Wildman–Crippen LogP) is 1.70. The number of hydrogen-bond acceptors (Lipinski definition) is 6. The summed E-state index contributed by atoms with van der Waals surface area (Å²) in [4.78, 5) is 18.0. The highest BCUT2D eigenvalue weighted by Crippen LogP contribution is 2.20. The normalized spacial score (nSPS) is 10.8. The molecule has 1 amide bonds. The van der Waals surface area contributed by atoms with E-state index in [-0.39, 0.29) is 5.91 Å². The van der Waals surface area contributed by atoms with E-state index in [0.29, 0.717) is 31.3 Å². The minimum atomic E-state index is -0.00628. The molecule has 1 N–H and O–H groups in total. The van der Waals surface area contributed by atoms with Gasteiger partial charge in [0.15, 0.2) is 5.82 Å². The van der Waals surface area contributed by atoms with Crippen molar-refractivity contribution >= 4 is 5.91 Å². The van der Waals surface area contributed by atoms with E-state index in [1.807, 2.05) is 43.0 Å². The van der Waals surface area contributed by atoms with Gasteiger partial charge < -0.3 is 14.6 Å². The second-order valence-electron chi connectivity index (χ2n) is 5.00. The number of rotatable bonds is 8. The van der Waals surface area contributed by atoms with E-state index in [0.717, 1.165) is 17.9 Å². The number of ether oxygens (including phenoxy) is 1. The number of nitrogens with zero attached hydrogens (tertiary/aromatic N) is 3. The molecular formula is C16H22N4O3. The van der Waals surface area contributed by atoms with Crippen molar-refractivity contribution in [2.75, 3.05) is 26.7 Å². The molecule has 2 rings (SSSR count). The van der Waals surface area contributed by atoms with Gasteiger partial charge in [-0.1, -0.05) is 12.1 Å². The summed E-state index contributed by atoms with van der Waals surface area (Å²) in [6, 6.07) is 7.41. The van der Waals surface area contributed by atoms with Crippen LogP contribution in [0.25, 0.3) is 11.5 Å². The van der Waals surface area contributed by atoms with Crippen molar-refractivity contribution in [3.8, 4) is 17.2 Å². The minimum Gasteiger partial charge on any atom is -0.497 e. The number of amides is 1. The van der Waals surface area contributed by atoms with Gasteiger partial charge in [-0.05, 0) is 37.7 Å². The summed E-state index contributed by atoms with van der Waals surface area (Å²) in [6.45, 7) is 6.02. The maximum Gasteiger partial charge on any atom is 0.257 e. The highest BCUT2D eigenvalue weighted by Gasteiger charge is 2.14. The quantitative estimate of drug-likeness (QED) is 0.798. The number of hydrogen-bond donors (Lipinski definition) is 1. The van der Waals surface area contributed by atoms with E-state index in [1.54, 1.807) is 7.11 Å². The van der Waals surface area contributed by atoms with Crippen LogP contribution in [0.2, 0.25) is 0 Å². The molecule has 0 saturated carbocycles. The average molecular weight is 318 g/mol. The Morgan fingerprint density at radius 3 is 2.65 bits per heavy atom. The second kappa shape index (κ2) is 8.28. The molecule has 2 aromatic rings. The Balaban J connectivity index is 2.01. The molecule has 0 fully saturated rings. The molecule has 0 radical (unpaired) electrons. The van der Waals surface area contributed by atoms with Crippen LogP contribution in [0.1, 0.15) is 19.7 Å². The van der Waals surface area contributed by atoms with Crippen molar-refractivity contribution in [1.82, 2.24) is 20.4 Å². The maximum atomic E-state index is 11.7. The standard InChI is InChI=1S/C16H22N4O3/c1-4-17-15(21)11-20(5-2)10-14-18-16(23-19-14)12-6-8-13(22-3)9-7-12/h6-9H,4-5,10-11H2,1-3H3,(H,17,21). The molecule has 124 valence electrons. The smallest absolute Gasteiger partial charge is 0.257 e. The van der Waals surface area contributed by atoms with Crippen molar-refractivity contribution in [3.63, 3.8) is 0 Å². The molecular weight excluding hydrogens is 296 g/mol. The van der Waals surface area contributed by atoms with Crippen LogP contribution in [0.5, 0.6) is 5.75 Å². The van der Waals surface area contributed by atoms with Crippen molar-refractivity contribution in [2.24, 2.45) is 0 Å². The Kier molecular flexibility index (Phi) is 6.10. The fourth-order valence-electron chi connectivity index (χ4n) is 2.10. The SMILES string of the molecule is CCNC(=O)CN(CC)Cc1noc(-c2ccc(OC)cc2)n1. The molecule has 0 bridgehead atoms. The number of likely N-dealkylation sites (N-methyl/N-ethyl adjacent to an activating group) is 2. The molecule has 0 unspecified atom stereocenters. The zero-order valence-electron chi connectivity index (χ0n) is 13.7. The van der Waals surface area contributed by atoms with Gasteiger partial charge in [0.2, 0.25) is 5.91 Å². The molecule has 0 saturated heterocycles. The van der Waals surface area contributed by atoms with E-state index >= 15 is 0 Å². The Labute approximate surface area is 135 Å². The lowest BCUT2D eigenvalue weighted by molar-refractivity contribution is -0.122. The van der Waals surface area contributed by atoms with E-state index in [1.165, 1.54) is 0 Å². The number of carbonyl (C=O) groups excluding carboxylic acids is 1. The molecule has 0 atom stereocenters. The van der Waals surface area contributed by atoms with Crippen molar-refractivity contribution in [1.29, 1.82) is 0 Å². The summed E-state index contributed by atoms with van der Waals surface area (Å²) < 4.78 is 10.4. The molecule has 7 nitrogen and oxygen atoms in total. The van der Waals surface area contributed by atoms with Crippen LogP contribution in [-0.4, -0.2) is 47.7 Å². The maximum absolute atomic E-state index is 11.7. The van der Waals surface area contributed by atoms with Crippen molar-refractivity contribution < 1.29 is 14.1 Å². The summed E-state index contributed by atoms with van der Waals surface area (Å²) in [5, 5.41) is 6.77. The fourth-order valence-corrected chi connectivity index (χ4v) is 2.10. The first-order valence-corrected chi connectivity index (χ1v) is 7.62. The van der Waals surface area contributed by atoms with Gasteiger partial charge in [-0.2, -0.15) is 4.98 Å². The van der Waals surface area contributed by atoms with Crippen molar-refractivity contribution in [3.05, 3.63) is 30.1 Å². The van der Waals surface area contributed by atoms with Gasteiger partial charge in [0.25, 0.3) is 5.89 Å². The minimum absolute atomic E-state index is 0.00628. The fraction of sp³-hybridized carbons (Fsp3) is 0.438. The van der Waals surface area contributed by atoms with E-state index in [4.69, 9.17) is 9.26 Å². The molecule has 7 heteroatoms. The number of carbonyl (C=O) groups is 1. The summed E-state index contributed by atoms with van der Waals surface area (Å²) in [6.07, 6.45) is 0. The summed E-state index contributed by atoms with van der Waals surface area (Å²) in [5.74, 6) is 1.78. The largest absolute Gasteiger partial charge is 0.497 e. The van der Waals surface area contributed by atoms with E-state index in [2.05, 4.69) is 15.5 Å². The van der Waals surface area contributed by atoms with Crippen LogP contribution in [0.3, 0.4) is 0 Å². The molecule has 1 aromatic heterocycles. The van der Waals surface area contributed by atoms with Gasteiger partial charge in [-0.15, -0.1) is 0 Å². The molecule has 0 spiro atoms. The van der Waals surface area contributed by atoms with E-state index < -0.39 is 0 Å². The van der Waals surface area contributed by atoms with Crippen LogP contribution in [-0.2, 0) is 11.3 Å². The van der Waals surface area contributed by atoms with Gasteiger partial charge in [0.1, 0.15) is 5.75 Å². The highest BCUT2D eigenvalue weighted by atomic mass is 16.5. The third kappa shape index (κ3) is 4.79. The van der Waals surface area contributed by atoms with E-state index in [9.17, 15) is 4.79 Å². The Morgan fingerprint density at radius 2 is 2.04 bits per heavy atom.